The standard InChI is InChI=1S/C12H17N3O3S/c1-9(11-4-2-3-6-13-11)14-12(16)15-10-5-7-19(17,18)8-10/h2-4,6,9-10H,5,7-8H2,1H3,(H2,14,15,16)/t9-,10-/m0/s1. The Balaban J connectivity index is 1.85. The molecule has 0 radical (unpaired) electrons. The number of urea groups is 1. The first-order valence-corrected chi connectivity index (χ1v) is 7.97. The molecule has 0 bridgehead atoms. The monoisotopic (exact) mass is 283 g/mol. The first-order valence-electron chi connectivity index (χ1n) is 6.15. The van der Waals surface area contributed by atoms with Gasteiger partial charge in [-0.15, -0.1) is 0 Å². The van der Waals surface area contributed by atoms with Crippen LogP contribution >= 0.6 is 0 Å². The smallest absolute Gasteiger partial charge is 0.315 e. The third-order valence-electron chi connectivity index (χ3n) is 3.05. The summed E-state index contributed by atoms with van der Waals surface area (Å²) in [6, 6.07) is 4.60. The molecule has 1 aliphatic heterocycles. The zero-order chi connectivity index (χ0) is 13.9. The van der Waals surface area contributed by atoms with Crippen molar-refractivity contribution in [3.63, 3.8) is 0 Å². The van der Waals surface area contributed by atoms with Gasteiger partial charge in [0, 0.05) is 12.2 Å². The van der Waals surface area contributed by atoms with Crippen LogP contribution in [0.15, 0.2) is 24.4 Å². The fourth-order valence-corrected chi connectivity index (χ4v) is 3.71. The molecular formula is C12H17N3O3S. The molecule has 1 aromatic heterocycles. The molecule has 19 heavy (non-hydrogen) atoms. The predicted molar refractivity (Wildman–Crippen MR) is 71.4 cm³/mol. The summed E-state index contributed by atoms with van der Waals surface area (Å²) in [6.45, 7) is 1.83. The predicted octanol–water partition coefficient (Wildman–Crippen LogP) is 0.629. The van der Waals surface area contributed by atoms with Crippen molar-refractivity contribution in [1.29, 1.82) is 0 Å². The normalized spacial score (nSPS) is 22.7. The Morgan fingerprint density at radius 1 is 1.47 bits per heavy atom. The quantitative estimate of drug-likeness (QED) is 0.851. The van der Waals surface area contributed by atoms with Crippen LogP contribution in [0.1, 0.15) is 25.1 Å². The van der Waals surface area contributed by atoms with Crippen LogP contribution in [0.5, 0.6) is 0 Å². The highest BCUT2D eigenvalue weighted by atomic mass is 32.2. The van der Waals surface area contributed by atoms with Crippen molar-refractivity contribution in [3.05, 3.63) is 30.1 Å². The Morgan fingerprint density at radius 3 is 2.84 bits per heavy atom. The molecule has 2 rings (SSSR count). The molecule has 6 nitrogen and oxygen atoms in total. The highest BCUT2D eigenvalue weighted by molar-refractivity contribution is 7.91. The second-order valence-electron chi connectivity index (χ2n) is 4.69. The van der Waals surface area contributed by atoms with Crippen LogP contribution in [0.2, 0.25) is 0 Å². The second-order valence-corrected chi connectivity index (χ2v) is 6.92. The third kappa shape index (κ3) is 3.92. The van der Waals surface area contributed by atoms with E-state index in [9.17, 15) is 13.2 Å². The molecule has 1 aromatic rings. The van der Waals surface area contributed by atoms with E-state index in [1.54, 1.807) is 12.3 Å². The van der Waals surface area contributed by atoms with Crippen molar-refractivity contribution in [2.24, 2.45) is 0 Å². The minimum atomic E-state index is -2.98. The summed E-state index contributed by atoms with van der Waals surface area (Å²) in [4.78, 5) is 15.9. The number of nitrogens with one attached hydrogen (secondary N) is 2. The van der Waals surface area contributed by atoms with Gasteiger partial charge in [0.15, 0.2) is 9.84 Å². The van der Waals surface area contributed by atoms with E-state index in [-0.39, 0.29) is 29.6 Å². The minimum Gasteiger partial charge on any atom is -0.334 e. The minimum absolute atomic E-state index is 0.0262. The van der Waals surface area contributed by atoms with Gasteiger partial charge in [-0.1, -0.05) is 6.07 Å². The lowest BCUT2D eigenvalue weighted by Crippen LogP contribution is -2.43. The van der Waals surface area contributed by atoms with E-state index in [0.29, 0.717) is 6.42 Å². The number of rotatable bonds is 3. The number of carbonyl (C=O) groups excluding carboxylic acids is 1. The molecule has 0 unspecified atom stereocenters. The average Bonchev–Trinajstić information content (AvgIpc) is 2.69. The molecule has 7 heteroatoms. The molecule has 1 saturated heterocycles. The van der Waals surface area contributed by atoms with Crippen molar-refractivity contribution in [2.75, 3.05) is 11.5 Å². The van der Waals surface area contributed by atoms with Gasteiger partial charge in [-0.05, 0) is 25.5 Å². The lowest BCUT2D eigenvalue weighted by molar-refractivity contribution is 0.235. The fourth-order valence-electron chi connectivity index (χ4n) is 2.04. The van der Waals surface area contributed by atoms with Gasteiger partial charge in [-0.3, -0.25) is 4.98 Å². The van der Waals surface area contributed by atoms with Gasteiger partial charge in [0.1, 0.15) is 0 Å². The summed E-state index contributed by atoms with van der Waals surface area (Å²) in [7, 11) is -2.98. The fraction of sp³-hybridized carbons (Fsp3) is 0.500. The average molecular weight is 283 g/mol. The van der Waals surface area contributed by atoms with E-state index in [1.807, 2.05) is 19.1 Å². The van der Waals surface area contributed by atoms with E-state index in [1.165, 1.54) is 0 Å². The Kier molecular flexibility index (Phi) is 4.04. The van der Waals surface area contributed by atoms with Gasteiger partial charge < -0.3 is 10.6 Å². The van der Waals surface area contributed by atoms with Crippen LogP contribution < -0.4 is 10.6 Å². The van der Waals surface area contributed by atoms with Crippen LogP contribution in [-0.4, -0.2) is 37.0 Å². The Bertz CT molecular complexity index is 545. The Morgan fingerprint density at radius 2 is 2.26 bits per heavy atom. The molecule has 2 atom stereocenters. The topological polar surface area (TPSA) is 88.2 Å². The molecule has 2 N–H and O–H groups in total. The zero-order valence-electron chi connectivity index (χ0n) is 10.7. The van der Waals surface area contributed by atoms with Gasteiger partial charge in [0.2, 0.25) is 0 Å². The second kappa shape index (κ2) is 5.56. The molecule has 1 fully saturated rings. The maximum absolute atomic E-state index is 11.7. The van der Waals surface area contributed by atoms with Gasteiger partial charge in [0.05, 0.1) is 23.2 Å². The van der Waals surface area contributed by atoms with Gasteiger partial charge >= 0.3 is 6.03 Å². The van der Waals surface area contributed by atoms with Crippen LogP contribution in [0.4, 0.5) is 4.79 Å². The summed E-state index contributed by atoms with van der Waals surface area (Å²) in [5.74, 6) is 0.173. The number of sulfone groups is 1. The lowest BCUT2D eigenvalue weighted by Gasteiger charge is -2.16. The van der Waals surface area contributed by atoms with Crippen molar-refractivity contribution in [1.82, 2.24) is 15.6 Å². The molecule has 0 aliphatic carbocycles. The number of hydrogen-bond acceptors (Lipinski definition) is 4. The first kappa shape index (κ1) is 13.8. The van der Waals surface area contributed by atoms with E-state index in [2.05, 4.69) is 15.6 Å². The van der Waals surface area contributed by atoms with E-state index >= 15 is 0 Å². The molecule has 2 amide bonds. The Hall–Kier alpha value is -1.63. The van der Waals surface area contributed by atoms with Crippen molar-refractivity contribution in [2.45, 2.75) is 25.4 Å². The van der Waals surface area contributed by atoms with Gasteiger partial charge in [-0.2, -0.15) is 0 Å². The maximum Gasteiger partial charge on any atom is 0.315 e. The molecule has 104 valence electrons. The van der Waals surface area contributed by atoms with Crippen molar-refractivity contribution >= 4 is 15.9 Å². The largest absolute Gasteiger partial charge is 0.334 e. The number of pyridine rings is 1. The number of amides is 2. The Labute approximate surface area is 112 Å². The van der Waals surface area contributed by atoms with Crippen LogP contribution in [0.25, 0.3) is 0 Å². The molecular weight excluding hydrogens is 266 g/mol. The van der Waals surface area contributed by atoms with Crippen molar-refractivity contribution in [3.8, 4) is 0 Å². The van der Waals surface area contributed by atoms with E-state index in [4.69, 9.17) is 0 Å². The lowest BCUT2D eigenvalue weighted by atomic mass is 10.2. The molecule has 1 aliphatic rings. The summed E-state index contributed by atoms with van der Waals surface area (Å²) < 4.78 is 22.6. The molecule has 0 saturated carbocycles. The molecule has 0 spiro atoms. The van der Waals surface area contributed by atoms with Gasteiger partial charge in [0.25, 0.3) is 0 Å². The van der Waals surface area contributed by atoms with E-state index in [0.717, 1.165) is 5.69 Å². The molecule has 0 aromatic carbocycles. The summed E-state index contributed by atoms with van der Waals surface area (Å²) >= 11 is 0. The number of nitrogens with zero attached hydrogens (tertiary/aromatic N) is 1. The SMILES string of the molecule is C[C@H](NC(=O)N[C@H]1CCS(=O)(=O)C1)c1ccccn1. The van der Waals surface area contributed by atoms with Crippen LogP contribution in [0, 0.1) is 0 Å². The summed E-state index contributed by atoms with van der Waals surface area (Å²) in [5, 5.41) is 5.42. The third-order valence-corrected chi connectivity index (χ3v) is 4.81. The highest BCUT2D eigenvalue weighted by Crippen LogP contribution is 2.12. The summed E-state index contributed by atoms with van der Waals surface area (Å²) in [5.41, 5.74) is 0.761. The molecule has 2 heterocycles. The number of hydrogen-bond donors (Lipinski definition) is 2. The first-order chi connectivity index (χ1) is 8.96. The number of carbonyl (C=O) groups is 1. The van der Waals surface area contributed by atoms with Crippen LogP contribution in [0.3, 0.4) is 0 Å². The van der Waals surface area contributed by atoms with Crippen molar-refractivity contribution < 1.29 is 13.2 Å². The highest BCUT2D eigenvalue weighted by Gasteiger charge is 2.29. The van der Waals surface area contributed by atoms with E-state index < -0.39 is 9.84 Å². The zero-order valence-corrected chi connectivity index (χ0v) is 11.5. The van der Waals surface area contributed by atoms with Gasteiger partial charge in [-0.25, -0.2) is 13.2 Å². The maximum atomic E-state index is 11.7. The van der Waals surface area contributed by atoms with Crippen LogP contribution in [-0.2, 0) is 9.84 Å². The number of aromatic nitrogens is 1. The summed E-state index contributed by atoms with van der Waals surface area (Å²) in [6.07, 6.45) is 2.14.